The van der Waals surface area contributed by atoms with Gasteiger partial charge in [0.2, 0.25) is 0 Å². The maximum atomic E-state index is 5.39. The second kappa shape index (κ2) is 6.00. The lowest BCUT2D eigenvalue weighted by Crippen LogP contribution is -2.44. The Labute approximate surface area is 118 Å². The van der Waals surface area contributed by atoms with Gasteiger partial charge in [-0.15, -0.1) is 0 Å². The van der Waals surface area contributed by atoms with Gasteiger partial charge in [-0.2, -0.15) is 4.98 Å². The van der Waals surface area contributed by atoms with Crippen LogP contribution in [0.15, 0.2) is 22.9 Å². The molecule has 0 radical (unpaired) electrons. The fourth-order valence-electron chi connectivity index (χ4n) is 2.38. The molecule has 0 aliphatic carbocycles. The van der Waals surface area contributed by atoms with Crippen molar-refractivity contribution in [1.82, 2.24) is 20.4 Å². The first-order valence-electron chi connectivity index (χ1n) is 7.12. The third-order valence-corrected chi connectivity index (χ3v) is 3.38. The third kappa shape index (κ3) is 2.65. The molecule has 1 aliphatic rings. The Morgan fingerprint density at radius 2 is 2.20 bits per heavy atom. The standard InChI is InChI=1S/C14H19N5O/c1-2-4-12-17-14(20-18-12)11-5-3-6-16-13(11)19-9-7-15-8-10-19/h3,5-6,15H,2,4,7-10H2,1H3. The summed E-state index contributed by atoms with van der Waals surface area (Å²) in [4.78, 5) is 11.2. The minimum atomic E-state index is 0.565. The Morgan fingerprint density at radius 3 is 3.00 bits per heavy atom. The predicted molar refractivity (Wildman–Crippen MR) is 76.6 cm³/mol. The van der Waals surface area contributed by atoms with Gasteiger partial charge in [0, 0.05) is 38.8 Å². The summed E-state index contributed by atoms with van der Waals surface area (Å²) in [5.41, 5.74) is 0.921. The maximum Gasteiger partial charge on any atom is 0.261 e. The SMILES string of the molecule is CCCc1noc(-c2cccnc2N2CCNCC2)n1. The van der Waals surface area contributed by atoms with E-state index in [1.807, 2.05) is 18.3 Å². The van der Waals surface area contributed by atoms with Crippen molar-refractivity contribution in [3.05, 3.63) is 24.2 Å². The van der Waals surface area contributed by atoms with Crippen molar-refractivity contribution in [2.24, 2.45) is 0 Å². The molecule has 0 saturated carbocycles. The number of anilines is 1. The number of rotatable bonds is 4. The van der Waals surface area contributed by atoms with Gasteiger partial charge in [-0.25, -0.2) is 4.98 Å². The molecular formula is C14H19N5O. The zero-order valence-corrected chi connectivity index (χ0v) is 11.7. The van der Waals surface area contributed by atoms with Gasteiger partial charge >= 0.3 is 0 Å². The van der Waals surface area contributed by atoms with Gasteiger partial charge in [-0.05, 0) is 18.6 Å². The van der Waals surface area contributed by atoms with Crippen molar-refractivity contribution in [2.75, 3.05) is 31.1 Å². The molecule has 3 rings (SSSR count). The van der Waals surface area contributed by atoms with Crippen LogP contribution >= 0.6 is 0 Å². The van der Waals surface area contributed by atoms with Crippen molar-refractivity contribution >= 4 is 5.82 Å². The summed E-state index contributed by atoms with van der Waals surface area (Å²) >= 11 is 0. The van der Waals surface area contributed by atoms with E-state index < -0.39 is 0 Å². The highest BCUT2D eigenvalue weighted by atomic mass is 16.5. The van der Waals surface area contributed by atoms with Crippen molar-refractivity contribution in [3.63, 3.8) is 0 Å². The molecule has 1 fully saturated rings. The van der Waals surface area contributed by atoms with Crippen LogP contribution in [0.3, 0.4) is 0 Å². The zero-order valence-electron chi connectivity index (χ0n) is 11.7. The van der Waals surface area contributed by atoms with Crippen LogP contribution in [0.2, 0.25) is 0 Å². The number of pyridine rings is 1. The van der Waals surface area contributed by atoms with Crippen LogP contribution in [0.5, 0.6) is 0 Å². The predicted octanol–water partition coefficient (Wildman–Crippen LogP) is 1.49. The summed E-state index contributed by atoms with van der Waals surface area (Å²) < 4.78 is 5.39. The molecule has 0 spiro atoms. The molecule has 106 valence electrons. The highest BCUT2D eigenvalue weighted by Crippen LogP contribution is 2.27. The summed E-state index contributed by atoms with van der Waals surface area (Å²) in [6, 6.07) is 3.90. The molecule has 0 unspecified atom stereocenters. The first-order valence-corrected chi connectivity index (χ1v) is 7.12. The lowest BCUT2D eigenvalue weighted by atomic mass is 10.2. The lowest BCUT2D eigenvalue weighted by molar-refractivity contribution is 0.422. The maximum absolute atomic E-state index is 5.39. The highest BCUT2D eigenvalue weighted by Gasteiger charge is 2.19. The van der Waals surface area contributed by atoms with Gasteiger partial charge < -0.3 is 14.7 Å². The van der Waals surface area contributed by atoms with E-state index in [9.17, 15) is 0 Å². The van der Waals surface area contributed by atoms with Crippen LogP contribution < -0.4 is 10.2 Å². The molecule has 20 heavy (non-hydrogen) atoms. The van der Waals surface area contributed by atoms with E-state index >= 15 is 0 Å². The molecule has 0 atom stereocenters. The van der Waals surface area contributed by atoms with E-state index in [1.54, 1.807) is 0 Å². The first-order chi connectivity index (χ1) is 9.88. The molecule has 2 aromatic heterocycles. The number of nitrogens with one attached hydrogen (secondary N) is 1. The average molecular weight is 273 g/mol. The molecule has 0 bridgehead atoms. The van der Waals surface area contributed by atoms with Gasteiger partial charge in [0.15, 0.2) is 5.82 Å². The molecule has 6 nitrogen and oxygen atoms in total. The Morgan fingerprint density at radius 1 is 1.35 bits per heavy atom. The molecular weight excluding hydrogens is 254 g/mol. The number of aromatic nitrogens is 3. The van der Waals surface area contributed by atoms with Gasteiger partial charge in [0.1, 0.15) is 5.82 Å². The van der Waals surface area contributed by atoms with Gasteiger partial charge in [-0.3, -0.25) is 0 Å². The van der Waals surface area contributed by atoms with Crippen LogP contribution in [0.4, 0.5) is 5.82 Å². The number of hydrogen-bond acceptors (Lipinski definition) is 6. The molecule has 0 amide bonds. The summed E-state index contributed by atoms with van der Waals surface area (Å²) in [5, 5.41) is 7.37. The fraction of sp³-hybridized carbons (Fsp3) is 0.500. The van der Waals surface area contributed by atoms with E-state index in [4.69, 9.17) is 4.52 Å². The average Bonchev–Trinajstić information content (AvgIpc) is 2.97. The Hall–Kier alpha value is -1.95. The first kappa shape index (κ1) is 13.1. The Kier molecular flexibility index (Phi) is 3.92. The third-order valence-electron chi connectivity index (χ3n) is 3.38. The van der Waals surface area contributed by atoms with Gasteiger partial charge in [-0.1, -0.05) is 12.1 Å². The monoisotopic (exact) mass is 273 g/mol. The van der Waals surface area contributed by atoms with Gasteiger partial charge in [0.05, 0.1) is 5.56 Å². The van der Waals surface area contributed by atoms with E-state index in [2.05, 4.69) is 32.3 Å². The van der Waals surface area contributed by atoms with E-state index in [-0.39, 0.29) is 0 Å². The lowest BCUT2D eigenvalue weighted by Gasteiger charge is -2.29. The van der Waals surface area contributed by atoms with Crippen molar-refractivity contribution in [3.8, 4) is 11.5 Å². The van der Waals surface area contributed by atoms with Crippen molar-refractivity contribution in [1.29, 1.82) is 0 Å². The van der Waals surface area contributed by atoms with Gasteiger partial charge in [0.25, 0.3) is 5.89 Å². The second-order valence-electron chi connectivity index (χ2n) is 4.88. The normalized spacial score (nSPS) is 15.6. The Balaban J connectivity index is 1.91. The van der Waals surface area contributed by atoms with Crippen LogP contribution in [-0.2, 0) is 6.42 Å². The number of piperazine rings is 1. The molecule has 0 aromatic carbocycles. The van der Waals surface area contributed by atoms with Crippen molar-refractivity contribution < 1.29 is 4.52 Å². The minimum Gasteiger partial charge on any atom is -0.353 e. The Bertz CT molecular complexity index is 562. The fourth-order valence-corrected chi connectivity index (χ4v) is 2.38. The van der Waals surface area contributed by atoms with Crippen LogP contribution in [0, 0.1) is 0 Å². The molecule has 1 saturated heterocycles. The molecule has 3 heterocycles. The molecule has 6 heteroatoms. The topological polar surface area (TPSA) is 67.1 Å². The molecule has 1 aliphatic heterocycles. The number of aryl methyl sites for hydroxylation is 1. The smallest absolute Gasteiger partial charge is 0.261 e. The minimum absolute atomic E-state index is 0.565. The summed E-state index contributed by atoms with van der Waals surface area (Å²) in [6.07, 6.45) is 3.66. The summed E-state index contributed by atoms with van der Waals surface area (Å²) in [6.45, 7) is 5.94. The van der Waals surface area contributed by atoms with Crippen LogP contribution in [0.25, 0.3) is 11.5 Å². The quantitative estimate of drug-likeness (QED) is 0.910. The summed E-state index contributed by atoms with van der Waals surface area (Å²) in [7, 11) is 0. The number of nitrogens with zero attached hydrogens (tertiary/aromatic N) is 4. The second-order valence-corrected chi connectivity index (χ2v) is 4.88. The molecule has 1 N–H and O–H groups in total. The summed E-state index contributed by atoms with van der Waals surface area (Å²) in [5.74, 6) is 2.26. The van der Waals surface area contributed by atoms with Crippen LogP contribution in [-0.4, -0.2) is 41.3 Å². The van der Waals surface area contributed by atoms with Crippen LogP contribution in [0.1, 0.15) is 19.2 Å². The van der Waals surface area contributed by atoms with E-state index in [0.717, 1.165) is 56.2 Å². The number of hydrogen-bond donors (Lipinski definition) is 1. The van der Waals surface area contributed by atoms with Crippen molar-refractivity contribution in [2.45, 2.75) is 19.8 Å². The van der Waals surface area contributed by atoms with E-state index in [1.165, 1.54) is 0 Å². The zero-order chi connectivity index (χ0) is 13.8. The highest BCUT2D eigenvalue weighted by molar-refractivity contribution is 5.69. The van der Waals surface area contributed by atoms with E-state index in [0.29, 0.717) is 5.89 Å². The molecule has 2 aromatic rings. The largest absolute Gasteiger partial charge is 0.353 e.